The van der Waals surface area contributed by atoms with E-state index in [0.29, 0.717) is 29.1 Å². The van der Waals surface area contributed by atoms with Crippen LogP contribution in [0.15, 0.2) is 38.6 Å². The Hall–Kier alpha value is -3.99. The van der Waals surface area contributed by atoms with Gasteiger partial charge < -0.3 is 36.6 Å². The Bertz CT molecular complexity index is 1530. The van der Waals surface area contributed by atoms with Gasteiger partial charge in [-0.2, -0.15) is 0 Å². The predicted octanol–water partition coefficient (Wildman–Crippen LogP) is 3.95. The zero-order valence-corrected chi connectivity index (χ0v) is 25.4. The van der Waals surface area contributed by atoms with Crippen molar-refractivity contribution in [2.24, 2.45) is 5.92 Å². The standard InChI is InChI=1S/C26H28O15S2/c1-12-6-20(28)39-16(12)8-34-21(29)15(11-42-24(32)35-9-17-13(2)37-22(30)40-17)7-19(27)26(4,5)43-25(33)36-10-18-14(3)38-23(31)41-18/h15H,6-11H2,1-5H3/t15-/m0/s1. The van der Waals surface area contributed by atoms with Crippen LogP contribution in [0, 0.1) is 19.8 Å². The highest BCUT2D eigenvalue weighted by Crippen LogP contribution is 2.31. The number of hydrogen-bond acceptors (Lipinski definition) is 17. The third-order valence-corrected chi connectivity index (χ3v) is 7.90. The van der Waals surface area contributed by atoms with Crippen molar-refractivity contribution in [3.63, 3.8) is 0 Å². The normalized spacial score (nSPS) is 13.9. The van der Waals surface area contributed by atoms with Gasteiger partial charge in [0.25, 0.3) is 0 Å². The van der Waals surface area contributed by atoms with E-state index in [4.69, 9.17) is 36.6 Å². The molecule has 3 rings (SSSR count). The van der Waals surface area contributed by atoms with Gasteiger partial charge in [-0.3, -0.25) is 14.4 Å². The Morgan fingerprint density at radius 1 is 0.814 bits per heavy atom. The second-order valence-corrected chi connectivity index (χ2v) is 12.2. The van der Waals surface area contributed by atoms with Crippen LogP contribution in [0.1, 0.15) is 56.7 Å². The molecule has 0 radical (unpaired) electrons. The summed E-state index contributed by atoms with van der Waals surface area (Å²) in [5.41, 5.74) is 0.588. The van der Waals surface area contributed by atoms with Gasteiger partial charge in [0.05, 0.1) is 17.1 Å². The molecule has 1 aliphatic heterocycles. The molecule has 0 spiro atoms. The summed E-state index contributed by atoms with van der Waals surface area (Å²) >= 11 is 1.12. The van der Waals surface area contributed by atoms with Gasteiger partial charge in [-0.15, -0.1) is 0 Å². The van der Waals surface area contributed by atoms with E-state index in [9.17, 15) is 33.6 Å². The van der Waals surface area contributed by atoms with Crippen molar-refractivity contribution in [2.75, 3.05) is 12.4 Å². The van der Waals surface area contributed by atoms with E-state index in [0.717, 1.165) is 0 Å². The number of rotatable bonds is 13. The summed E-state index contributed by atoms with van der Waals surface area (Å²) in [4.78, 5) is 84.8. The van der Waals surface area contributed by atoms with Crippen LogP contribution in [-0.4, -0.2) is 45.4 Å². The molecule has 1 atom stereocenters. The van der Waals surface area contributed by atoms with Gasteiger partial charge in [-0.25, -0.2) is 19.2 Å². The van der Waals surface area contributed by atoms with E-state index in [2.05, 4.69) is 0 Å². The first-order valence-corrected chi connectivity index (χ1v) is 14.4. The first-order valence-electron chi connectivity index (χ1n) is 12.6. The molecular weight excluding hydrogens is 616 g/mol. The average Bonchev–Trinajstić information content (AvgIpc) is 3.54. The molecule has 2 aromatic heterocycles. The van der Waals surface area contributed by atoms with Crippen molar-refractivity contribution in [3.05, 3.63) is 55.6 Å². The molecule has 3 heterocycles. The summed E-state index contributed by atoms with van der Waals surface area (Å²) in [7, 11) is 0. The Kier molecular flexibility index (Phi) is 11.3. The van der Waals surface area contributed by atoms with Crippen molar-refractivity contribution in [1.29, 1.82) is 0 Å². The lowest BCUT2D eigenvalue weighted by Gasteiger charge is -2.23. The fraction of sp³-hybridized carbons (Fsp3) is 0.500. The molecule has 43 heavy (non-hydrogen) atoms. The van der Waals surface area contributed by atoms with E-state index in [-0.39, 0.29) is 47.6 Å². The summed E-state index contributed by atoms with van der Waals surface area (Å²) in [5, 5.41) is -1.69. The molecule has 17 heteroatoms. The maximum atomic E-state index is 13.2. The first kappa shape index (κ1) is 33.5. The highest BCUT2D eigenvalue weighted by Gasteiger charge is 2.36. The van der Waals surface area contributed by atoms with Crippen molar-refractivity contribution in [1.82, 2.24) is 0 Å². The number of aryl methyl sites for hydroxylation is 2. The summed E-state index contributed by atoms with van der Waals surface area (Å²) in [6.45, 7) is 6.28. The summed E-state index contributed by atoms with van der Waals surface area (Å²) in [6.07, 6.45) is -0.379. The van der Waals surface area contributed by atoms with Gasteiger partial charge >= 0.3 is 34.2 Å². The number of Topliss-reactive ketones (excluding diaryl/α,β-unsaturated/α-hetero) is 1. The van der Waals surface area contributed by atoms with Gasteiger partial charge in [0.2, 0.25) is 0 Å². The average molecular weight is 645 g/mol. The molecule has 0 aromatic carbocycles. The molecule has 15 nitrogen and oxygen atoms in total. The van der Waals surface area contributed by atoms with E-state index in [1.807, 2.05) is 0 Å². The molecule has 1 aliphatic rings. The van der Waals surface area contributed by atoms with Crippen molar-refractivity contribution < 1.29 is 60.6 Å². The van der Waals surface area contributed by atoms with Crippen LogP contribution in [0.5, 0.6) is 0 Å². The minimum Gasteiger partial charge on any atom is -0.457 e. The van der Waals surface area contributed by atoms with Crippen molar-refractivity contribution >= 4 is 51.8 Å². The molecular formula is C26H28O15S2. The number of carbonyl (C=O) groups excluding carboxylic acids is 5. The summed E-state index contributed by atoms with van der Waals surface area (Å²) in [6, 6.07) is 0. The van der Waals surface area contributed by atoms with E-state index >= 15 is 0 Å². The third-order valence-electron chi connectivity index (χ3n) is 5.96. The minimum atomic E-state index is -1.39. The van der Waals surface area contributed by atoms with Crippen LogP contribution in [0.2, 0.25) is 0 Å². The lowest BCUT2D eigenvalue weighted by atomic mass is 9.97. The monoisotopic (exact) mass is 644 g/mol. The van der Waals surface area contributed by atoms with Crippen LogP contribution in [-0.2, 0) is 46.5 Å². The molecule has 0 fully saturated rings. The number of hydrogen-bond donors (Lipinski definition) is 0. The predicted molar refractivity (Wildman–Crippen MR) is 146 cm³/mol. The van der Waals surface area contributed by atoms with E-state index in [1.54, 1.807) is 6.92 Å². The number of thioether (sulfide) groups is 2. The van der Waals surface area contributed by atoms with E-state index in [1.165, 1.54) is 27.7 Å². The maximum absolute atomic E-state index is 13.2. The molecule has 0 bridgehead atoms. The van der Waals surface area contributed by atoms with Crippen LogP contribution in [0.4, 0.5) is 9.59 Å². The van der Waals surface area contributed by atoms with Crippen LogP contribution in [0.3, 0.4) is 0 Å². The fourth-order valence-corrected chi connectivity index (χ4v) is 4.89. The second-order valence-electron chi connectivity index (χ2n) is 9.65. The van der Waals surface area contributed by atoms with Gasteiger partial charge in [0.15, 0.2) is 36.3 Å². The third kappa shape index (κ3) is 9.77. The number of ketones is 1. The molecule has 234 valence electrons. The number of ether oxygens (including phenoxy) is 4. The largest absolute Gasteiger partial charge is 0.519 e. The van der Waals surface area contributed by atoms with Crippen molar-refractivity contribution in [2.45, 2.75) is 65.4 Å². The minimum absolute atomic E-state index is 0.00979. The Morgan fingerprint density at radius 2 is 1.37 bits per heavy atom. The van der Waals surface area contributed by atoms with Crippen LogP contribution in [0.25, 0.3) is 0 Å². The van der Waals surface area contributed by atoms with Gasteiger partial charge in [0.1, 0.15) is 18.1 Å². The lowest BCUT2D eigenvalue weighted by Crippen LogP contribution is -2.34. The Morgan fingerprint density at radius 3 is 1.86 bits per heavy atom. The molecule has 0 N–H and O–H groups in total. The zero-order valence-electron chi connectivity index (χ0n) is 23.8. The fourth-order valence-electron chi connectivity index (χ4n) is 3.43. The molecule has 0 aliphatic carbocycles. The smallest absolute Gasteiger partial charge is 0.457 e. The maximum Gasteiger partial charge on any atom is 0.519 e. The lowest BCUT2D eigenvalue weighted by molar-refractivity contribution is -0.150. The van der Waals surface area contributed by atoms with Crippen LogP contribution < -0.4 is 11.6 Å². The molecule has 0 saturated heterocycles. The SMILES string of the molecule is CC1=C(COC(=O)[C@H](CSC(=O)OCc2oc(=O)oc2C)CC(=O)C(C)(C)SC(=O)OCc2oc(=O)oc2C)OC(=O)C1. The zero-order chi connectivity index (χ0) is 31.9. The van der Waals surface area contributed by atoms with Crippen LogP contribution >= 0.6 is 23.5 Å². The van der Waals surface area contributed by atoms with Crippen molar-refractivity contribution in [3.8, 4) is 0 Å². The summed E-state index contributed by atoms with van der Waals surface area (Å²) < 4.78 is 38.0. The quantitative estimate of drug-likeness (QED) is 0.223. The molecule has 0 saturated carbocycles. The van der Waals surface area contributed by atoms with E-state index < -0.39 is 70.3 Å². The molecule has 0 amide bonds. The number of esters is 2. The topological polar surface area (TPSA) is 209 Å². The number of cyclic esters (lactones) is 1. The highest BCUT2D eigenvalue weighted by atomic mass is 32.2. The van der Waals surface area contributed by atoms with Gasteiger partial charge in [-0.05, 0) is 63.7 Å². The Balaban J connectivity index is 1.61. The first-order chi connectivity index (χ1) is 20.1. The number of carbonyl (C=O) groups is 5. The molecule has 0 unspecified atom stereocenters. The van der Waals surface area contributed by atoms with Gasteiger partial charge in [-0.1, -0.05) is 0 Å². The Labute approximate surface area is 251 Å². The highest BCUT2D eigenvalue weighted by molar-refractivity contribution is 8.15. The molecule has 2 aromatic rings. The second kappa shape index (κ2) is 14.5. The summed E-state index contributed by atoms with van der Waals surface area (Å²) in [5.74, 6) is -4.76. The van der Waals surface area contributed by atoms with Gasteiger partial charge in [0, 0.05) is 12.2 Å².